The van der Waals surface area contributed by atoms with Gasteiger partial charge in [-0.15, -0.1) is 0 Å². The fraction of sp³-hybridized carbons (Fsp3) is 0.500. The topological polar surface area (TPSA) is 66.8 Å². The van der Waals surface area contributed by atoms with Crippen LogP contribution in [0.1, 0.15) is 44.5 Å². The summed E-state index contributed by atoms with van der Waals surface area (Å²) in [6.07, 6.45) is 0.914. The number of aliphatic carboxylic acids is 1. The number of carbonyl (C=O) groups excluding carboxylic acids is 1. The summed E-state index contributed by atoms with van der Waals surface area (Å²) < 4.78 is 5.46. The number of ether oxygens (including phenoxy) is 1. The van der Waals surface area contributed by atoms with Crippen molar-refractivity contribution >= 4 is 11.9 Å². The van der Waals surface area contributed by atoms with Crippen molar-refractivity contribution in [2.24, 2.45) is 0 Å². The van der Waals surface area contributed by atoms with Gasteiger partial charge in [0.15, 0.2) is 0 Å². The van der Waals surface area contributed by atoms with Crippen LogP contribution >= 0.6 is 0 Å². The highest BCUT2D eigenvalue weighted by molar-refractivity contribution is 5.97. The Bertz CT molecular complexity index is 494. The van der Waals surface area contributed by atoms with Crippen molar-refractivity contribution in [2.75, 3.05) is 13.2 Å². The van der Waals surface area contributed by atoms with E-state index in [0.29, 0.717) is 24.5 Å². The normalized spacial score (nSPS) is 11.0. The number of carboxylic acid groups (broad SMARTS) is 1. The average Bonchev–Trinajstić information content (AvgIpc) is 2.45. The van der Waals surface area contributed by atoms with Crippen LogP contribution in [0, 0.1) is 0 Å². The summed E-state index contributed by atoms with van der Waals surface area (Å²) in [6.45, 7) is 7.78. The molecule has 1 amide bonds. The first-order valence-electron chi connectivity index (χ1n) is 7.12. The van der Waals surface area contributed by atoms with Crippen molar-refractivity contribution in [2.45, 2.75) is 39.7 Å². The van der Waals surface area contributed by atoms with Crippen LogP contribution in [0.25, 0.3) is 0 Å². The Hall–Kier alpha value is -2.04. The second-order valence-electron chi connectivity index (χ2n) is 5.29. The van der Waals surface area contributed by atoms with Gasteiger partial charge in [0.05, 0.1) is 6.61 Å². The summed E-state index contributed by atoms with van der Waals surface area (Å²) in [4.78, 5) is 25.1. The molecule has 0 aliphatic heterocycles. The molecule has 0 heterocycles. The number of rotatable bonds is 7. The Morgan fingerprint density at radius 1 is 1.19 bits per heavy atom. The van der Waals surface area contributed by atoms with Crippen LogP contribution in [0.5, 0.6) is 5.75 Å². The quantitative estimate of drug-likeness (QED) is 0.839. The van der Waals surface area contributed by atoms with E-state index in [9.17, 15) is 14.7 Å². The van der Waals surface area contributed by atoms with E-state index < -0.39 is 11.5 Å². The van der Waals surface area contributed by atoms with Gasteiger partial charge in [0.2, 0.25) is 0 Å². The molecule has 0 atom stereocenters. The molecular weight excluding hydrogens is 270 g/mol. The molecule has 0 fully saturated rings. The number of benzene rings is 1. The van der Waals surface area contributed by atoms with Crippen molar-refractivity contribution in [1.82, 2.24) is 4.90 Å². The van der Waals surface area contributed by atoms with Crippen LogP contribution in [0.2, 0.25) is 0 Å². The van der Waals surface area contributed by atoms with E-state index in [1.807, 2.05) is 6.92 Å². The monoisotopic (exact) mass is 293 g/mol. The van der Waals surface area contributed by atoms with E-state index >= 15 is 0 Å². The van der Waals surface area contributed by atoms with Gasteiger partial charge in [-0.25, -0.2) is 4.79 Å². The molecule has 1 N–H and O–H groups in total. The number of hydrogen-bond acceptors (Lipinski definition) is 3. The fourth-order valence-corrected chi connectivity index (χ4v) is 1.98. The van der Waals surface area contributed by atoms with E-state index in [2.05, 4.69) is 0 Å². The zero-order valence-corrected chi connectivity index (χ0v) is 13.0. The SMILES string of the molecule is CCCOc1ccc(C(=O)N(CC)C(C)(C)C(=O)O)cc1. The second-order valence-corrected chi connectivity index (χ2v) is 5.29. The smallest absolute Gasteiger partial charge is 0.329 e. The van der Waals surface area contributed by atoms with E-state index in [1.54, 1.807) is 31.2 Å². The third kappa shape index (κ3) is 3.97. The van der Waals surface area contributed by atoms with Crippen LogP contribution in [0.3, 0.4) is 0 Å². The summed E-state index contributed by atoms with van der Waals surface area (Å²) in [5, 5.41) is 9.27. The van der Waals surface area contributed by atoms with E-state index in [0.717, 1.165) is 6.42 Å². The molecule has 1 aromatic rings. The lowest BCUT2D eigenvalue weighted by atomic mass is 10.0. The number of hydrogen-bond donors (Lipinski definition) is 1. The minimum Gasteiger partial charge on any atom is -0.494 e. The lowest BCUT2D eigenvalue weighted by Gasteiger charge is -2.34. The van der Waals surface area contributed by atoms with Crippen molar-refractivity contribution in [3.8, 4) is 5.75 Å². The molecule has 5 heteroatoms. The van der Waals surface area contributed by atoms with Crippen LogP contribution in [0.4, 0.5) is 0 Å². The van der Waals surface area contributed by atoms with Crippen molar-refractivity contribution < 1.29 is 19.4 Å². The first kappa shape index (κ1) is 17.0. The standard InChI is InChI=1S/C16H23NO4/c1-5-11-21-13-9-7-12(8-10-13)14(18)17(6-2)16(3,4)15(19)20/h7-10H,5-6,11H2,1-4H3,(H,19,20). The molecule has 5 nitrogen and oxygen atoms in total. The highest BCUT2D eigenvalue weighted by atomic mass is 16.5. The van der Waals surface area contributed by atoms with E-state index in [4.69, 9.17) is 4.74 Å². The van der Waals surface area contributed by atoms with E-state index in [1.165, 1.54) is 18.7 Å². The number of nitrogens with zero attached hydrogens (tertiary/aromatic N) is 1. The van der Waals surface area contributed by atoms with Crippen LogP contribution in [-0.2, 0) is 4.79 Å². The van der Waals surface area contributed by atoms with Crippen molar-refractivity contribution in [3.63, 3.8) is 0 Å². The third-order valence-corrected chi connectivity index (χ3v) is 3.33. The number of carbonyl (C=O) groups is 2. The maximum Gasteiger partial charge on any atom is 0.329 e. The molecule has 0 aromatic heterocycles. The summed E-state index contributed by atoms with van der Waals surface area (Å²) in [6, 6.07) is 6.77. The molecule has 0 unspecified atom stereocenters. The molecule has 0 saturated heterocycles. The molecule has 0 aliphatic rings. The van der Waals surface area contributed by atoms with Gasteiger partial charge in [-0.1, -0.05) is 6.92 Å². The Morgan fingerprint density at radius 3 is 2.19 bits per heavy atom. The molecule has 0 radical (unpaired) electrons. The molecule has 116 valence electrons. The predicted octanol–water partition coefficient (Wildman–Crippen LogP) is 2.80. The highest BCUT2D eigenvalue weighted by Crippen LogP contribution is 2.20. The summed E-state index contributed by atoms with van der Waals surface area (Å²) in [7, 11) is 0. The maximum absolute atomic E-state index is 12.5. The van der Waals surface area contributed by atoms with Crippen molar-refractivity contribution in [1.29, 1.82) is 0 Å². The number of likely N-dealkylation sites (N-methyl/N-ethyl adjacent to an activating group) is 1. The highest BCUT2D eigenvalue weighted by Gasteiger charge is 2.37. The number of amides is 1. The Kier molecular flexibility index (Phi) is 5.76. The lowest BCUT2D eigenvalue weighted by Crippen LogP contribution is -2.52. The largest absolute Gasteiger partial charge is 0.494 e. The summed E-state index contributed by atoms with van der Waals surface area (Å²) in [5.41, 5.74) is -0.793. The molecule has 0 spiro atoms. The molecule has 0 saturated carbocycles. The molecule has 1 rings (SSSR count). The Balaban J connectivity index is 2.93. The molecule has 1 aromatic carbocycles. The van der Waals surface area contributed by atoms with Gasteiger partial charge in [0, 0.05) is 12.1 Å². The van der Waals surface area contributed by atoms with Gasteiger partial charge in [-0.3, -0.25) is 4.79 Å². The predicted molar refractivity (Wildman–Crippen MR) is 80.7 cm³/mol. The molecular formula is C16H23NO4. The molecule has 0 bridgehead atoms. The van der Waals surface area contributed by atoms with E-state index in [-0.39, 0.29) is 5.91 Å². The van der Waals surface area contributed by atoms with Gasteiger partial charge >= 0.3 is 5.97 Å². The van der Waals surface area contributed by atoms with Crippen LogP contribution in [0.15, 0.2) is 24.3 Å². The minimum absolute atomic E-state index is 0.299. The van der Waals surface area contributed by atoms with Gasteiger partial charge in [0.1, 0.15) is 11.3 Å². The van der Waals surface area contributed by atoms with Gasteiger partial charge in [0.25, 0.3) is 5.91 Å². The lowest BCUT2D eigenvalue weighted by molar-refractivity contribution is -0.147. The zero-order valence-electron chi connectivity index (χ0n) is 13.0. The van der Waals surface area contributed by atoms with Crippen molar-refractivity contribution in [3.05, 3.63) is 29.8 Å². The second kappa shape index (κ2) is 7.11. The maximum atomic E-state index is 12.5. The van der Waals surface area contributed by atoms with Gasteiger partial charge in [-0.2, -0.15) is 0 Å². The summed E-state index contributed by atoms with van der Waals surface area (Å²) in [5.74, 6) is -0.624. The van der Waals surface area contributed by atoms with Crippen LogP contribution in [-0.4, -0.2) is 40.6 Å². The molecule has 0 aliphatic carbocycles. The molecule has 21 heavy (non-hydrogen) atoms. The summed E-state index contributed by atoms with van der Waals surface area (Å²) >= 11 is 0. The Morgan fingerprint density at radius 2 is 1.76 bits per heavy atom. The Labute approximate surface area is 125 Å². The first-order chi connectivity index (χ1) is 9.84. The van der Waals surface area contributed by atoms with Crippen LogP contribution < -0.4 is 4.74 Å². The van der Waals surface area contributed by atoms with Gasteiger partial charge < -0.3 is 14.7 Å². The zero-order chi connectivity index (χ0) is 16.0. The van der Waals surface area contributed by atoms with Gasteiger partial charge in [-0.05, 0) is 51.5 Å². The fourth-order valence-electron chi connectivity index (χ4n) is 1.98. The number of carboxylic acids is 1. The first-order valence-corrected chi connectivity index (χ1v) is 7.12. The average molecular weight is 293 g/mol. The third-order valence-electron chi connectivity index (χ3n) is 3.33. The minimum atomic E-state index is -1.25.